The van der Waals surface area contributed by atoms with Crippen molar-refractivity contribution in [3.63, 3.8) is 0 Å². The number of hydrogen-bond donors (Lipinski definition) is 1. The van der Waals surface area contributed by atoms with Gasteiger partial charge in [0, 0.05) is 21.2 Å². The van der Waals surface area contributed by atoms with Gasteiger partial charge in [0.25, 0.3) is 0 Å². The molecule has 1 aromatic carbocycles. The van der Waals surface area contributed by atoms with E-state index in [9.17, 15) is 0 Å². The number of hydrogen-bond acceptors (Lipinski definition) is 3. The Morgan fingerprint density at radius 1 is 1.40 bits per heavy atom. The SMILES string of the molecule is Cc1csc(CNc2ccccc2Br)n1. The molecule has 1 heterocycles. The van der Waals surface area contributed by atoms with Crippen LogP contribution in [0, 0.1) is 6.92 Å². The monoisotopic (exact) mass is 282 g/mol. The summed E-state index contributed by atoms with van der Waals surface area (Å²) in [5, 5.41) is 6.52. The molecule has 0 aliphatic rings. The molecule has 0 bridgehead atoms. The lowest BCUT2D eigenvalue weighted by molar-refractivity contribution is 1.07. The summed E-state index contributed by atoms with van der Waals surface area (Å²) in [7, 11) is 0. The van der Waals surface area contributed by atoms with Gasteiger partial charge in [0.1, 0.15) is 5.01 Å². The van der Waals surface area contributed by atoms with Gasteiger partial charge < -0.3 is 5.32 Å². The van der Waals surface area contributed by atoms with Crippen LogP contribution in [0.5, 0.6) is 0 Å². The van der Waals surface area contributed by atoms with Crippen LogP contribution >= 0.6 is 27.3 Å². The smallest absolute Gasteiger partial charge is 0.112 e. The molecule has 0 amide bonds. The first kappa shape index (κ1) is 10.6. The Bertz CT molecular complexity index is 453. The molecule has 0 saturated heterocycles. The Morgan fingerprint density at radius 2 is 2.20 bits per heavy atom. The van der Waals surface area contributed by atoms with Crippen molar-refractivity contribution in [2.24, 2.45) is 0 Å². The average molecular weight is 283 g/mol. The lowest BCUT2D eigenvalue weighted by atomic mass is 10.3. The molecule has 2 nitrogen and oxygen atoms in total. The summed E-state index contributed by atoms with van der Waals surface area (Å²) in [5.74, 6) is 0. The number of anilines is 1. The number of aromatic nitrogens is 1. The van der Waals surface area contributed by atoms with Gasteiger partial charge in [-0.2, -0.15) is 0 Å². The number of benzene rings is 1. The van der Waals surface area contributed by atoms with Crippen molar-refractivity contribution in [3.05, 3.63) is 44.8 Å². The molecule has 1 aromatic heterocycles. The Morgan fingerprint density at radius 3 is 2.87 bits per heavy atom. The summed E-state index contributed by atoms with van der Waals surface area (Å²) in [4.78, 5) is 4.40. The van der Waals surface area contributed by atoms with Gasteiger partial charge in [-0.05, 0) is 35.0 Å². The molecule has 0 aliphatic carbocycles. The van der Waals surface area contributed by atoms with Crippen molar-refractivity contribution in [2.45, 2.75) is 13.5 Å². The zero-order valence-corrected chi connectivity index (χ0v) is 10.7. The predicted octanol–water partition coefficient (Wildman–Crippen LogP) is 3.83. The van der Waals surface area contributed by atoms with E-state index in [-0.39, 0.29) is 0 Å². The molecule has 15 heavy (non-hydrogen) atoms. The van der Waals surface area contributed by atoms with Crippen molar-refractivity contribution < 1.29 is 0 Å². The standard InChI is InChI=1S/C11H11BrN2S/c1-8-7-15-11(14-8)6-13-10-5-3-2-4-9(10)12/h2-5,7,13H,6H2,1H3. The number of nitrogens with one attached hydrogen (secondary N) is 1. The fourth-order valence-corrected chi connectivity index (χ4v) is 2.40. The fourth-order valence-electron chi connectivity index (χ4n) is 1.26. The third-order valence-corrected chi connectivity index (χ3v) is 3.63. The third kappa shape index (κ3) is 2.79. The van der Waals surface area contributed by atoms with Crippen LogP contribution in [0.25, 0.3) is 0 Å². The molecule has 0 saturated carbocycles. The van der Waals surface area contributed by atoms with E-state index in [0.29, 0.717) is 0 Å². The highest BCUT2D eigenvalue weighted by atomic mass is 79.9. The number of thiazole rings is 1. The van der Waals surface area contributed by atoms with E-state index in [1.807, 2.05) is 31.2 Å². The summed E-state index contributed by atoms with van der Waals surface area (Å²) in [6.45, 7) is 2.79. The van der Waals surface area contributed by atoms with Crippen molar-refractivity contribution in [1.82, 2.24) is 4.98 Å². The van der Waals surface area contributed by atoms with Crippen LogP contribution < -0.4 is 5.32 Å². The Labute approximate surface area is 101 Å². The Kier molecular flexibility index (Phi) is 3.38. The van der Waals surface area contributed by atoms with Crippen molar-refractivity contribution >= 4 is 33.0 Å². The summed E-state index contributed by atoms with van der Waals surface area (Å²) in [6, 6.07) is 8.09. The molecular weight excluding hydrogens is 272 g/mol. The topological polar surface area (TPSA) is 24.9 Å². The van der Waals surface area contributed by atoms with Crippen molar-refractivity contribution in [2.75, 3.05) is 5.32 Å². The molecule has 0 fully saturated rings. The second-order valence-electron chi connectivity index (χ2n) is 3.22. The van der Waals surface area contributed by atoms with E-state index in [1.165, 1.54) is 0 Å². The molecule has 2 aromatic rings. The number of rotatable bonds is 3. The summed E-state index contributed by atoms with van der Waals surface area (Å²) >= 11 is 5.18. The van der Waals surface area contributed by atoms with Gasteiger partial charge in [0.05, 0.1) is 6.54 Å². The summed E-state index contributed by atoms with van der Waals surface area (Å²) in [5.41, 5.74) is 2.19. The molecule has 78 valence electrons. The highest BCUT2D eigenvalue weighted by Gasteiger charge is 2.00. The minimum Gasteiger partial charge on any atom is -0.378 e. The maximum absolute atomic E-state index is 4.40. The van der Waals surface area contributed by atoms with Gasteiger partial charge in [0.2, 0.25) is 0 Å². The van der Waals surface area contributed by atoms with Crippen LogP contribution in [0.4, 0.5) is 5.69 Å². The quantitative estimate of drug-likeness (QED) is 0.926. The van der Waals surface area contributed by atoms with E-state index in [2.05, 4.69) is 31.6 Å². The van der Waals surface area contributed by atoms with E-state index >= 15 is 0 Å². The molecule has 0 atom stereocenters. The van der Waals surface area contributed by atoms with Crippen LogP contribution in [-0.2, 0) is 6.54 Å². The van der Waals surface area contributed by atoms with Crippen molar-refractivity contribution in [1.29, 1.82) is 0 Å². The van der Waals surface area contributed by atoms with Crippen LogP contribution in [0.1, 0.15) is 10.7 Å². The molecular formula is C11H11BrN2S. The van der Waals surface area contributed by atoms with Gasteiger partial charge in [0.15, 0.2) is 0 Å². The van der Waals surface area contributed by atoms with Gasteiger partial charge in [-0.1, -0.05) is 12.1 Å². The minimum atomic E-state index is 0.779. The van der Waals surface area contributed by atoms with Crippen LogP contribution in [0.3, 0.4) is 0 Å². The van der Waals surface area contributed by atoms with Gasteiger partial charge in [-0.15, -0.1) is 11.3 Å². The third-order valence-electron chi connectivity index (χ3n) is 1.97. The lowest BCUT2D eigenvalue weighted by Gasteiger charge is -2.05. The normalized spacial score (nSPS) is 10.3. The summed E-state index contributed by atoms with van der Waals surface area (Å²) < 4.78 is 1.08. The molecule has 0 aliphatic heterocycles. The van der Waals surface area contributed by atoms with E-state index in [1.54, 1.807) is 11.3 Å². The van der Waals surface area contributed by atoms with Crippen LogP contribution in [0.15, 0.2) is 34.1 Å². The largest absolute Gasteiger partial charge is 0.378 e. The lowest BCUT2D eigenvalue weighted by Crippen LogP contribution is -1.99. The molecule has 1 N–H and O–H groups in total. The number of aryl methyl sites for hydroxylation is 1. The van der Waals surface area contributed by atoms with E-state index in [0.717, 1.165) is 27.4 Å². The first-order valence-electron chi connectivity index (χ1n) is 4.65. The van der Waals surface area contributed by atoms with Gasteiger partial charge in [-0.3, -0.25) is 0 Å². The molecule has 4 heteroatoms. The second kappa shape index (κ2) is 4.77. The Hall–Kier alpha value is -0.870. The average Bonchev–Trinajstić information content (AvgIpc) is 2.63. The zero-order valence-electron chi connectivity index (χ0n) is 8.33. The van der Waals surface area contributed by atoms with E-state index < -0.39 is 0 Å². The maximum Gasteiger partial charge on any atom is 0.112 e. The Balaban J connectivity index is 2.02. The highest BCUT2D eigenvalue weighted by molar-refractivity contribution is 9.10. The summed E-state index contributed by atoms with van der Waals surface area (Å²) in [6.07, 6.45) is 0. The maximum atomic E-state index is 4.40. The first-order valence-corrected chi connectivity index (χ1v) is 6.32. The zero-order chi connectivity index (χ0) is 10.7. The molecule has 0 radical (unpaired) electrons. The predicted molar refractivity (Wildman–Crippen MR) is 68.3 cm³/mol. The number of halogens is 1. The van der Waals surface area contributed by atoms with Gasteiger partial charge in [-0.25, -0.2) is 4.98 Å². The van der Waals surface area contributed by atoms with Crippen molar-refractivity contribution in [3.8, 4) is 0 Å². The number of nitrogens with zero attached hydrogens (tertiary/aromatic N) is 1. The fraction of sp³-hybridized carbons (Fsp3) is 0.182. The molecule has 0 spiro atoms. The minimum absolute atomic E-state index is 0.779. The molecule has 2 rings (SSSR count). The second-order valence-corrected chi connectivity index (χ2v) is 5.01. The number of para-hydroxylation sites is 1. The van der Waals surface area contributed by atoms with Crippen LogP contribution in [0.2, 0.25) is 0 Å². The highest BCUT2D eigenvalue weighted by Crippen LogP contribution is 2.22. The van der Waals surface area contributed by atoms with Crippen LogP contribution in [-0.4, -0.2) is 4.98 Å². The first-order chi connectivity index (χ1) is 7.25. The van der Waals surface area contributed by atoms with Gasteiger partial charge >= 0.3 is 0 Å². The molecule has 0 unspecified atom stereocenters. The van der Waals surface area contributed by atoms with E-state index in [4.69, 9.17) is 0 Å².